The SMILES string of the molecule is C=CCSc1nc(-c2ccccc2)nc2c1CCCC2. The van der Waals surface area contributed by atoms with E-state index in [4.69, 9.17) is 9.97 Å². The Kier molecular flexibility index (Phi) is 4.16. The quantitative estimate of drug-likeness (QED) is 0.475. The van der Waals surface area contributed by atoms with Gasteiger partial charge in [0.1, 0.15) is 5.03 Å². The molecule has 0 amide bonds. The van der Waals surface area contributed by atoms with E-state index in [1.165, 1.54) is 24.1 Å². The molecule has 1 aromatic heterocycles. The Morgan fingerprint density at radius 3 is 2.70 bits per heavy atom. The predicted molar refractivity (Wildman–Crippen MR) is 85.0 cm³/mol. The number of nitrogens with zero attached hydrogens (tertiary/aromatic N) is 2. The van der Waals surface area contributed by atoms with Gasteiger partial charge in [0.25, 0.3) is 0 Å². The van der Waals surface area contributed by atoms with Gasteiger partial charge in [-0.2, -0.15) is 0 Å². The summed E-state index contributed by atoms with van der Waals surface area (Å²) in [7, 11) is 0. The predicted octanol–water partition coefficient (Wildman–Crippen LogP) is 4.30. The summed E-state index contributed by atoms with van der Waals surface area (Å²) in [5, 5.41) is 1.15. The molecule has 1 heterocycles. The minimum Gasteiger partial charge on any atom is -0.233 e. The van der Waals surface area contributed by atoms with Gasteiger partial charge >= 0.3 is 0 Å². The Morgan fingerprint density at radius 1 is 1.10 bits per heavy atom. The molecule has 1 aliphatic carbocycles. The van der Waals surface area contributed by atoms with Crippen LogP contribution in [0.4, 0.5) is 0 Å². The Morgan fingerprint density at radius 2 is 1.90 bits per heavy atom. The molecule has 0 radical (unpaired) electrons. The number of aryl methyl sites for hydroxylation is 1. The second-order valence-electron chi connectivity index (χ2n) is 4.95. The molecule has 0 fully saturated rings. The number of benzene rings is 1. The van der Waals surface area contributed by atoms with Crippen molar-refractivity contribution in [2.45, 2.75) is 30.7 Å². The smallest absolute Gasteiger partial charge is 0.160 e. The number of aromatic nitrogens is 2. The second kappa shape index (κ2) is 6.23. The average Bonchev–Trinajstić information content (AvgIpc) is 2.53. The molecule has 0 unspecified atom stereocenters. The third-order valence-corrected chi connectivity index (χ3v) is 4.53. The van der Waals surface area contributed by atoms with Crippen LogP contribution in [0.25, 0.3) is 11.4 Å². The van der Waals surface area contributed by atoms with Crippen molar-refractivity contribution in [3.8, 4) is 11.4 Å². The second-order valence-corrected chi connectivity index (χ2v) is 5.96. The van der Waals surface area contributed by atoms with Crippen LogP contribution < -0.4 is 0 Å². The summed E-state index contributed by atoms with van der Waals surface area (Å²) in [4.78, 5) is 9.60. The minimum atomic E-state index is 0.859. The van der Waals surface area contributed by atoms with Crippen LogP contribution in [0.5, 0.6) is 0 Å². The highest BCUT2D eigenvalue weighted by molar-refractivity contribution is 7.99. The molecule has 0 spiro atoms. The number of rotatable bonds is 4. The van der Waals surface area contributed by atoms with Crippen LogP contribution in [0.2, 0.25) is 0 Å². The van der Waals surface area contributed by atoms with E-state index in [1.807, 2.05) is 24.3 Å². The molecule has 1 aliphatic rings. The summed E-state index contributed by atoms with van der Waals surface area (Å²) in [6.45, 7) is 3.80. The number of fused-ring (bicyclic) bond motifs is 1. The lowest BCUT2D eigenvalue weighted by atomic mass is 9.97. The largest absolute Gasteiger partial charge is 0.233 e. The zero-order valence-electron chi connectivity index (χ0n) is 11.5. The Bertz CT molecular complexity index is 608. The first-order valence-corrected chi connectivity index (χ1v) is 8.06. The van der Waals surface area contributed by atoms with Crippen molar-refractivity contribution in [2.24, 2.45) is 0 Å². The van der Waals surface area contributed by atoms with Gasteiger partial charge in [-0.1, -0.05) is 36.4 Å². The van der Waals surface area contributed by atoms with Crippen molar-refractivity contribution in [2.75, 3.05) is 5.75 Å². The summed E-state index contributed by atoms with van der Waals surface area (Å²) in [6, 6.07) is 10.2. The van der Waals surface area contributed by atoms with Gasteiger partial charge in [-0.05, 0) is 25.7 Å². The first-order valence-electron chi connectivity index (χ1n) is 7.07. The van der Waals surface area contributed by atoms with E-state index >= 15 is 0 Å². The van der Waals surface area contributed by atoms with Crippen LogP contribution in [-0.4, -0.2) is 15.7 Å². The Labute approximate surface area is 124 Å². The highest BCUT2D eigenvalue weighted by Crippen LogP contribution is 2.31. The summed E-state index contributed by atoms with van der Waals surface area (Å²) < 4.78 is 0. The third kappa shape index (κ3) is 2.78. The van der Waals surface area contributed by atoms with Gasteiger partial charge < -0.3 is 0 Å². The normalized spacial score (nSPS) is 13.8. The standard InChI is InChI=1S/C17H18N2S/c1-2-12-20-17-14-10-6-7-11-15(14)18-16(19-17)13-8-4-3-5-9-13/h2-5,8-9H,1,6-7,10-12H2. The molecular weight excluding hydrogens is 264 g/mol. The first kappa shape index (κ1) is 13.4. The Balaban J connectivity index is 2.05. The molecule has 0 saturated carbocycles. The highest BCUT2D eigenvalue weighted by atomic mass is 32.2. The van der Waals surface area contributed by atoms with Gasteiger partial charge in [-0.3, -0.25) is 0 Å². The lowest BCUT2D eigenvalue weighted by Gasteiger charge is -2.18. The molecule has 3 rings (SSSR count). The molecule has 0 bridgehead atoms. The summed E-state index contributed by atoms with van der Waals surface area (Å²) in [6.07, 6.45) is 6.62. The van der Waals surface area contributed by atoms with Gasteiger partial charge in [0.15, 0.2) is 5.82 Å². The molecule has 0 saturated heterocycles. The van der Waals surface area contributed by atoms with Crippen molar-refractivity contribution < 1.29 is 0 Å². The molecule has 0 N–H and O–H groups in total. The fourth-order valence-electron chi connectivity index (χ4n) is 2.53. The lowest BCUT2D eigenvalue weighted by Crippen LogP contribution is -2.10. The molecule has 20 heavy (non-hydrogen) atoms. The van der Waals surface area contributed by atoms with Crippen molar-refractivity contribution in [3.05, 3.63) is 54.2 Å². The highest BCUT2D eigenvalue weighted by Gasteiger charge is 2.18. The van der Waals surface area contributed by atoms with E-state index in [2.05, 4.69) is 18.7 Å². The molecule has 0 aliphatic heterocycles. The van der Waals surface area contributed by atoms with Crippen LogP contribution in [0.3, 0.4) is 0 Å². The van der Waals surface area contributed by atoms with Crippen molar-refractivity contribution in [3.63, 3.8) is 0 Å². The van der Waals surface area contributed by atoms with Crippen LogP contribution in [0, 0.1) is 0 Å². The Hall–Kier alpha value is -1.61. The molecule has 0 atom stereocenters. The van der Waals surface area contributed by atoms with E-state index in [0.29, 0.717) is 0 Å². The number of hydrogen-bond donors (Lipinski definition) is 0. The molecular formula is C17H18N2S. The third-order valence-electron chi connectivity index (χ3n) is 3.52. The monoisotopic (exact) mass is 282 g/mol. The van der Waals surface area contributed by atoms with Gasteiger partial charge in [-0.15, -0.1) is 18.3 Å². The summed E-state index contributed by atoms with van der Waals surface area (Å²) in [5.41, 5.74) is 3.71. The fraction of sp³-hybridized carbons (Fsp3) is 0.294. The fourth-order valence-corrected chi connectivity index (χ4v) is 3.35. The van der Waals surface area contributed by atoms with Gasteiger partial charge in [0, 0.05) is 22.6 Å². The molecule has 2 nitrogen and oxygen atoms in total. The van der Waals surface area contributed by atoms with E-state index in [-0.39, 0.29) is 0 Å². The van der Waals surface area contributed by atoms with Crippen LogP contribution in [0.1, 0.15) is 24.1 Å². The van der Waals surface area contributed by atoms with Crippen LogP contribution in [0.15, 0.2) is 48.0 Å². The lowest BCUT2D eigenvalue weighted by molar-refractivity contribution is 0.647. The zero-order chi connectivity index (χ0) is 13.8. The van der Waals surface area contributed by atoms with Crippen LogP contribution in [-0.2, 0) is 12.8 Å². The first-order chi connectivity index (χ1) is 9.88. The molecule has 102 valence electrons. The molecule has 2 aromatic rings. The van der Waals surface area contributed by atoms with E-state index < -0.39 is 0 Å². The average molecular weight is 282 g/mol. The van der Waals surface area contributed by atoms with Crippen LogP contribution >= 0.6 is 11.8 Å². The molecule has 1 aromatic carbocycles. The van der Waals surface area contributed by atoms with E-state index in [0.717, 1.165) is 35.0 Å². The zero-order valence-corrected chi connectivity index (χ0v) is 12.3. The summed E-state index contributed by atoms with van der Waals surface area (Å²) in [5.74, 6) is 1.76. The van der Waals surface area contributed by atoms with E-state index in [9.17, 15) is 0 Å². The maximum Gasteiger partial charge on any atom is 0.160 e. The van der Waals surface area contributed by atoms with Gasteiger partial charge in [0.05, 0.1) is 0 Å². The maximum absolute atomic E-state index is 4.80. The van der Waals surface area contributed by atoms with Crippen molar-refractivity contribution >= 4 is 11.8 Å². The molecule has 3 heteroatoms. The van der Waals surface area contributed by atoms with E-state index in [1.54, 1.807) is 11.8 Å². The minimum absolute atomic E-state index is 0.859. The van der Waals surface area contributed by atoms with Gasteiger partial charge in [0.2, 0.25) is 0 Å². The van der Waals surface area contributed by atoms with Crippen molar-refractivity contribution in [1.29, 1.82) is 0 Å². The van der Waals surface area contributed by atoms with Gasteiger partial charge in [-0.25, -0.2) is 9.97 Å². The maximum atomic E-state index is 4.80. The topological polar surface area (TPSA) is 25.8 Å². The van der Waals surface area contributed by atoms with Crippen molar-refractivity contribution in [1.82, 2.24) is 9.97 Å². The number of thioether (sulfide) groups is 1. The number of hydrogen-bond acceptors (Lipinski definition) is 3. The summed E-state index contributed by atoms with van der Waals surface area (Å²) >= 11 is 1.77.